The zero-order chi connectivity index (χ0) is 20.7. The number of hydrogen-bond donors (Lipinski definition) is 2. The van der Waals surface area contributed by atoms with Crippen molar-refractivity contribution in [1.82, 2.24) is 0 Å². The van der Waals surface area contributed by atoms with Crippen molar-refractivity contribution in [3.63, 3.8) is 0 Å². The molecule has 5 nitrogen and oxygen atoms in total. The number of halogens is 1. The van der Waals surface area contributed by atoms with Crippen molar-refractivity contribution in [1.29, 1.82) is 0 Å². The SMILES string of the molecule is COC(=O)C1(O)[C@H](C)CC2C3CCC4=CC(=O)C=CC4(C)[C@@]3(F)C(O)CC21C. The maximum Gasteiger partial charge on any atom is 0.338 e. The Labute approximate surface area is 164 Å². The van der Waals surface area contributed by atoms with Crippen LogP contribution in [0.2, 0.25) is 0 Å². The highest BCUT2D eigenvalue weighted by Gasteiger charge is 2.76. The van der Waals surface area contributed by atoms with Gasteiger partial charge >= 0.3 is 5.97 Å². The molecule has 0 bridgehead atoms. The van der Waals surface area contributed by atoms with Crippen LogP contribution < -0.4 is 0 Å². The average molecular weight is 392 g/mol. The number of rotatable bonds is 1. The van der Waals surface area contributed by atoms with Gasteiger partial charge in [-0.2, -0.15) is 0 Å². The fourth-order valence-corrected chi connectivity index (χ4v) is 7.14. The second kappa shape index (κ2) is 5.76. The van der Waals surface area contributed by atoms with Crippen LogP contribution in [0.4, 0.5) is 4.39 Å². The monoisotopic (exact) mass is 392 g/mol. The number of methoxy groups -OCH3 is 1. The first-order chi connectivity index (χ1) is 13.0. The first-order valence-electron chi connectivity index (χ1n) is 10.1. The van der Waals surface area contributed by atoms with E-state index in [2.05, 4.69) is 0 Å². The number of aliphatic hydroxyl groups excluding tert-OH is 1. The molecule has 0 saturated heterocycles. The van der Waals surface area contributed by atoms with Gasteiger partial charge in [0, 0.05) is 16.7 Å². The smallest absolute Gasteiger partial charge is 0.338 e. The van der Waals surface area contributed by atoms with Gasteiger partial charge in [-0.1, -0.05) is 25.5 Å². The Kier molecular flexibility index (Phi) is 4.07. The van der Waals surface area contributed by atoms with E-state index in [9.17, 15) is 19.8 Å². The standard InChI is InChI=1S/C22H29FO5/c1-12-9-16-15-6-5-13-10-14(24)7-8-19(13,2)21(15,23)17(25)11-20(16,3)22(12,27)18(26)28-4/h7-8,10,12,15-17,25,27H,5-6,9,11H2,1-4H3/t12-,15?,16?,17?,19?,20?,21+,22?/m1/s1. The second-order valence-corrected chi connectivity index (χ2v) is 9.66. The maximum atomic E-state index is 16.9. The van der Waals surface area contributed by atoms with E-state index in [0.717, 1.165) is 5.57 Å². The van der Waals surface area contributed by atoms with Gasteiger partial charge in [0.1, 0.15) is 0 Å². The molecule has 4 aliphatic rings. The largest absolute Gasteiger partial charge is 0.467 e. The highest BCUT2D eigenvalue weighted by Crippen LogP contribution is 2.70. The second-order valence-electron chi connectivity index (χ2n) is 9.66. The summed E-state index contributed by atoms with van der Waals surface area (Å²) < 4.78 is 21.8. The maximum absolute atomic E-state index is 16.9. The molecule has 0 radical (unpaired) electrons. The lowest BCUT2D eigenvalue weighted by atomic mass is 9.45. The molecule has 0 aromatic carbocycles. The van der Waals surface area contributed by atoms with Crippen molar-refractivity contribution in [3.8, 4) is 0 Å². The predicted molar refractivity (Wildman–Crippen MR) is 99.9 cm³/mol. The summed E-state index contributed by atoms with van der Waals surface area (Å²) in [7, 11) is 1.24. The molecule has 0 heterocycles. The van der Waals surface area contributed by atoms with Gasteiger partial charge < -0.3 is 14.9 Å². The van der Waals surface area contributed by atoms with E-state index in [0.29, 0.717) is 19.3 Å². The molecular formula is C22H29FO5. The molecule has 4 rings (SSSR count). The number of carbonyl (C=O) groups is 2. The van der Waals surface area contributed by atoms with Crippen molar-refractivity contribution in [2.24, 2.45) is 28.6 Å². The molecule has 0 aromatic heterocycles. The molecule has 0 aliphatic heterocycles. The predicted octanol–water partition coefficient (Wildman–Crippen LogP) is 2.51. The van der Waals surface area contributed by atoms with Crippen LogP contribution in [0, 0.1) is 28.6 Å². The van der Waals surface area contributed by atoms with Crippen LogP contribution in [-0.4, -0.2) is 46.4 Å². The van der Waals surface area contributed by atoms with Crippen LogP contribution in [0.25, 0.3) is 0 Å². The molecule has 4 aliphatic carbocycles. The quantitative estimate of drug-likeness (QED) is 0.670. The van der Waals surface area contributed by atoms with E-state index in [1.807, 2.05) is 0 Å². The number of allylic oxidation sites excluding steroid dienone is 4. The van der Waals surface area contributed by atoms with Crippen molar-refractivity contribution in [2.45, 2.75) is 63.8 Å². The van der Waals surface area contributed by atoms with E-state index in [4.69, 9.17) is 4.74 Å². The number of esters is 1. The average Bonchev–Trinajstić information content (AvgIpc) is 2.84. The minimum Gasteiger partial charge on any atom is -0.467 e. The Morgan fingerprint density at radius 2 is 2.00 bits per heavy atom. The molecule has 6 unspecified atom stereocenters. The number of aliphatic hydroxyl groups is 2. The van der Waals surface area contributed by atoms with Gasteiger partial charge in [-0.05, 0) is 56.6 Å². The molecule has 8 atom stereocenters. The normalized spacial score (nSPS) is 52.4. The van der Waals surface area contributed by atoms with E-state index in [1.165, 1.54) is 19.3 Å². The fraction of sp³-hybridized carbons (Fsp3) is 0.727. The van der Waals surface area contributed by atoms with Crippen molar-refractivity contribution < 1.29 is 28.9 Å². The number of fused-ring (bicyclic) bond motifs is 5. The van der Waals surface area contributed by atoms with Gasteiger partial charge in [0.05, 0.1) is 13.2 Å². The van der Waals surface area contributed by atoms with E-state index in [1.54, 1.807) is 26.8 Å². The van der Waals surface area contributed by atoms with E-state index in [-0.39, 0.29) is 18.1 Å². The molecular weight excluding hydrogens is 363 g/mol. The number of hydrogen-bond acceptors (Lipinski definition) is 5. The molecule has 0 amide bonds. The van der Waals surface area contributed by atoms with E-state index >= 15 is 4.39 Å². The van der Waals surface area contributed by atoms with Gasteiger partial charge in [0.15, 0.2) is 17.1 Å². The summed E-state index contributed by atoms with van der Waals surface area (Å²) in [4.78, 5) is 24.4. The Morgan fingerprint density at radius 1 is 1.32 bits per heavy atom. The third-order valence-corrected chi connectivity index (χ3v) is 8.72. The first kappa shape index (κ1) is 19.8. The van der Waals surface area contributed by atoms with Crippen LogP contribution in [0.15, 0.2) is 23.8 Å². The van der Waals surface area contributed by atoms with Gasteiger partial charge in [-0.25, -0.2) is 9.18 Å². The van der Waals surface area contributed by atoms with Crippen LogP contribution in [0.5, 0.6) is 0 Å². The Bertz CT molecular complexity index is 805. The molecule has 3 fully saturated rings. The summed E-state index contributed by atoms with van der Waals surface area (Å²) in [5.74, 6) is -2.07. The molecule has 6 heteroatoms. The van der Waals surface area contributed by atoms with Crippen LogP contribution in [-0.2, 0) is 14.3 Å². The molecule has 0 spiro atoms. The fourth-order valence-electron chi connectivity index (χ4n) is 7.14. The van der Waals surface area contributed by atoms with Gasteiger partial charge in [-0.3, -0.25) is 4.79 Å². The number of ketones is 1. The highest BCUT2D eigenvalue weighted by atomic mass is 19.1. The summed E-state index contributed by atoms with van der Waals surface area (Å²) in [6, 6.07) is 0. The van der Waals surface area contributed by atoms with Crippen molar-refractivity contribution >= 4 is 11.8 Å². The number of ether oxygens (including phenoxy) is 1. The number of carbonyl (C=O) groups excluding carboxylic acids is 2. The molecule has 154 valence electrons. The van der Waals surface area contributed by atoms with Gasteiger partial charge in [0.25, 0.3) is 0 Å². The molecule has 2 N–H and O–H groups in total. The van der Waals surface area contributed by atoms with Crippen molar-refractivity contribution in [2.75, 3.05) is 7.11 Å². The van der Waals surface area contributed by atoms with Crippen LogP contribution in [0.1, 0.15) is 46.5 Å². The van der Waals surface area contributed by atoms with E-state index < -0.39 is 46.0 Å². The minimum absolute atomic E-state index is 0.0364. The van der Waals surface area contributed by atoms with Crippen molar-refractivity contribution in [3.05, 3.63) is 23.8 Å². The minimum atomic E-state index is -1.96. The highest BCUT2D eigenvalue weighted by molar-refractivity contribution is 6.01. The molecule has 0 aromatic rings. The Morgan fingerprint density at radius 3 is 2.64 bits per heavy atom. The molecule has 28 heavy (non-hydrogen) atoms. The zero-order valence-corrected chi connectivity index (χ0v) is 16.9. The summed E-state index contributed by atoms with van der Waals surface area (Å²) >= 11 is 0. The Hall–Kier alpha value is -1.53. The van der Waals surface area contributed by atoms with Gasteiger partial charge in [0.2, 0.25) is 0 Å². The molecule has 3 saturated carbocycles. The number of alkyl halides is 1. The van der Waals surface area contributed by atoms with Gasteiger partial charge in [-0.15, -0.1) is 0 Å². The summed E-state index contributed by atoms with van der Waals surface area (Å²) in [5.41, 5.74) is -5.05. The summed E-state index contributed by atoms with van der Waals surface area (Å²) in [5, 5.41) is 22.6. The third-order valence-electron chi connectivity index (χ3n) is 8.72. The first-order valence-corrected chi connectivity index (χ1v) is 10.1. The Balaban J connectivity index is 1.84. The lowest BCUT2D eigenvalue weighted by molar-refractivity contribution is -0.226. The lowest BCUT2D eigenvalue weighted by Gasteiger charge is -2.62. The third kappa shape index (κ3) is 1.98. The summed E-state index contributed by atoms with van der Waals surface area (Å²) in [6.45, 7) is 5.33. The van der Waals surface area contributed by atoms with Crippen LogP contribution >= 0.6 is 0 Å². The summed E-state index contributed by atoms with van der Waals surface area (Å²) in [6.07, 6.45) is 4.61. The zero-order valence-electron chi connectivity index (χ0n) is 16.9. The van der Waals surface area contributed by atoms with Crippen LogP contribution in [0.3, 0.4) is 0 Å². The lowest BCUT2D eigenvalue weighted by Crippen LogP contribution is -2.69. The topological polar surface area (TPSA) is 83.8 Å².